The second-order valence-electron chi connectivity index (χ2n) is 3.90. The molecule has 1 aromatic rings. The molecule has 0 radical (unpaired) electrons. The summed E-state index contributed by atoms with van der Waals surface area (Å²) in [6, 6.07) is 3.85. The number of ether oxygens (including phenoxy) is 2. The second-order valence-corrected chi connectivity index (χ2v) is 3.90. The Kier molecular flexibility index (Phi) is 4.94. The molecule has 0 saturated carbocycles. The lowest BCUT2D eigenvalue weighted by molar-refractivity contribution is -0.137. The van der Waals surface area contributed by atoms with Gasteiger partial charge in [0.15, 0.2) is 0 Å². The van der Waals surface area contributed by atoms with Crippen LogP contribution in [0.2, 0.25) is 0 Å². The first kappa shape index (κ1) is 14.3. The summed E-state index contributed by atoms with van der Waals surface area (Å²) < 4.78 is 10.3. The monoisotopic (exact) mass is 254 g/mol. The number of carboxylic acids is 1. The minimum Gasteiger partial charge on any atom is -0.497 e. The number of nitrogens with two attached hydrogens (primary N) is 2. The molecule has 0 amide bonds. The number of carbonyl (C=O) groups is 1. The van der Waals surface area contributed by atoms with Crippen LogP contribution in [-0.2, 0) is 4.79 Å². The fraction of sp³-hybridized carbons (Fsp3) is 0.417. The van der Waals surface area contributed by atoms with Crippen molar-refractivity contribution in [2.75, 3.05) is 14.2 Å². The first-order chi connectivity index (χ1) is 8.49. The molecule has 2 unspecified atom stereocenters. The minimum atomic E-state index is -0.981. The summed E-state index contributed by atoms with van der Waals surface area (Å²) in [5.41, 5.74) is 12.4. The van der Waals surface area contributed by atoms with Crippen LogP contribution in [0.3, 0.4) is 0 Å². The molecule has 6 heteroatoms. The molecule has 0 bridgehead atoms. The van der Waals surface area contributed by atoms with Gasteiger partial charge in [-0.3, -0.25) is 4.79 Å². The number of aliphatic carboxylic acids is 1. The van der Waals surface area contributed by atoms with E-state index in [0.717, 1.165) is 0 Å². The summed E-state index contributed by atoms with van der Waals surface area (Å²) in [5, 5.41) is 8.70. The van der Waals surface area contributed by atoms with Gasteiger partial charge in [-0.1, -0.05) is 6.07 Å². The van der Waals surface area contributed by atoms with Crippen molar-refractivity contribution in [1.29, 1.82) is 0 Å². The van der Waals surface area contributed by atoms with Crippen LogP contribution in [-0.4, -0.2) is 31.3 Å². The van der Waals surface area contributed by atoms with Crippen molar-refractivity contribution in [3.8, 4) is 11.5 Å². The largest absolute Gasteiger partial charge is 0.497 e. The van der Waals surface area contributed by atoms with Gasteiger partial charge in [-0.25, -0.2) is 0 Å². The molecule has 1 rings (SSSR count). The van der Waals surface area contributed by atoms with E-state index in [1.54, 1.807) is 25.3 Å². The lowest BCUT2D eigenvalue weighted by atomic mass is 9.97. The molecule has 0 aliphatic heterocycles. The van der Waals surface area contributed by atoms with Crippen LogP contribution in [0.5, 0.6) is 11.5 Å². The zero-order valence-corrected chi connectivity index (χ0v) is 10.4. The Balaban J connectivity index is 2.97. The van der Waals surface area contributed by atoms with Gasteiger partial charge in [0.05, 0.1) is 20.6 Å². The van der Waals surface area contributed by atoms with Gasteiger partial charge < -0.3 is 26.0 Å². The first-order valence-corrected chi connectivity index (χ1v) is 5.44. The summed E-state index contributed by atoms with van der Waals surface area (Å²) >= 11 is 0. The maximum atomic E-state index is 10.6. The van der Waals surface area contributed by atoms with E-state index in [-0.39, 0.29) is 6.42 Å². The van der Waals surface area contributed by atoms with Gasteiger partial charge in [-0.15, -0.1) is 0 Å². The Bertz CT molecular complexity index is 423. The highest BCUT2D eigenvalue weighted by Crippen LogP contribution is 2.29. The third kappa shape index (κ3) is 3.35. The topological polar surface area (TPSA) is 108 Å². The molecule has 100 valence electrons. The van der Waals surface area contributed by atoms with E-state index in [4.69, 9.17) is 26.0 Å². The average Bonchev–Trinajstić information content (AvgIpc) is 2.36. The quantitative estimate of drug-likeness (QED) is 0.682. The Morgan fingerprint density at radius 2 is 2.00 bits per heavy atom. The summed E-state index contributed by atoms with van der Waals surface area (Å²) in [6.45, 7) is 0. The molecule has 0 aliphatic carbocycles. The number of methoxy groups -OCH3 is 2. The molecular formula is C12H18N2O4. The molecule has 2 atom stereocenters. The predicted molar refractivity (Wildman–Crippen MR) is 66.7 cm³/mol. The van der Waals surface area contributed by atoms with Crippen LogP contribution in [0, 0.1) is 0 Å². The van der Waals surface area contributed by atoms with E-state index >= 15 is 0 Å². The first-order valence-electron chi connectivity index (χ1n) is 5.44. The standard InChI is InChI=1S/C12H18N2O4/c1-17-7-3-4-8(10(5-7)18-2)12(14)9(13)6-11(15)16/h3-5,9,12H,6,13-14H2,1-2H3,(H,15,16). The lowest BCUT2D eigenvalue weighted by Gasteiger charge is -2.21. The van der Waals surface area contributed by atoms with Gasteiger partial charge >= 0.3 is 5.97 Å². The highest BCUT2D eigenvalue weighted by Gasteiger charge is 2.21. The fourth-order valence-electron chi connectivity index (χ4n) is 1.65. The van der Waals surface area contributed by atoms with Gasteiger partial charge in [0.25, 0.3) is 0 Å². The van der Waals surface area contributed by atoms with E-state index in [1.807, 2.05) is 0 Å². The lowest BCUT2D eigenvalue weighted by Crippen LogP contribution is -2.36. The van der Waals surface area contributed by atoms with Crippen LogP contribution in [0.15, 0.2) is 18.2 Å². The number of hydrogen-bond donors (Lipinski definition) is 3. The summed E-state index contributed by atoms with van der Waals surface area (Å²) in [5.74, 6) is 0.183. The summed E-state index contributed by atoms with van der Waals surface area (Å²) in [6.07, 6.45) is -0.198. The maximum absolute atomic E-state index is 10.6. The van der Waals surface area contributed by atoms with Crippen molar-refractivity contribution in [3.63, 3.8) is 0 Å². The molecule has 6 nitrogen and oxygen atoms in total. The number of rotatable bonds is 6. The average molecular weight is 254 g/mol. The Morgan fingerprint density at radius 3 is 2.50 bits per heavy atom. The number of hydrogen-bond acceptors (Lipinski definition) is 5. The van der Waals surface area contributed by atoms with E-state index < -0.39 is 18.1 Å². The Labute approximate surface area is 105 Å². The van der Waals surface area contributed by atoms with Crippen molar-refractivity contribution >= 4 is 5.97 Å². The zero-order chi connectivity index (χ0) is 13.7. The molecular weight excluding hydrogens is 236 g/mol. The van der Waals surface area contributed by atoms with Crippen LogP contribution in [0.1, 0.15) is 18.0 Å². The van der Waals surface area contributed by atoms with Crippen molar-refractivity contribution in [2.45, 2.75) is 18.5 Å². The molecule has 0 fully saturated rings. The number of carboxylic acid groups (broad SMARTS) is 1. The van der Waals surface area contributed by atoms with Gasteiger partial charge in [0, 0.05) is 23.7 Å². The van der Waals surface area contributed by atoms with Crippen molar-refractivity contribution < 1.29 is 19.4 Å². The van der Waals surface area contributed by atoms with Crippen LogP contribution in [0.4, 0.5) is 0 Å². The zero-order valence-electron chi connectivity index (χ0n) is 10.4. The normalized spacial score (nSPS) is 13.8. The maximum Gasteiger partial charge on any atom is 0.304 e. The highest BCUT2D eigenvalue weighted by molar-refractivity contribution is 5.67. The van der Waals surface area contributed by atoms with Crippen LogP contribution < -0.4 is 20.9 Å². The molecule has 0 heterocycles. The third-order valence-electron chi connectivity index (χ3n) is 2.67. The number of benzene rings is 1. The summed E-state index contributed by atoms with van der Waals surface area (Å²) in [4.78, 5) is 10.6. The predicted octanol–water partition coefficient (Wildman–Crippen LogP) is 0.506. The van der Waals surface area contributed by atoms with Gasteiger partial charge in [0.2, 0.25) is 0 Å². The highest BCUT2D eigenvalue weighted by atomic mass is 16.5. The van der Waals surface area contributed by atoms with Gasteiger partial charge in [-0.2, -0.15) is 0 Å². The van der Waals surface area contributed by atoms with E-state index in [2.05, 4.69) is 0 Å². The van der Waals surface area contributed by atoms with Crippen LogP contribution in [0.25, 0.3) is 0 Å². The second kappa shape index (κ2) is 6.23. The SMILES string of the molecule is COc1ccc(C(N)C(N)CC(=O)O)c(OC)c1. The van der Waals surface area contributed by atoms with Crippen molar-refractivity contribution in [2.24, 2.45) is 11.5 Å². The Morgan fingerprint density at radius 1 is 1.33 bits per heavy atom. The molecule has 0 aliphatic rings. The van der Waals surface area contributed by atoms with Crippen molar-refractivity contribution in [1.82, 2.24) is 0 Å². The van der Waals surface area contributed by atoms with Gasteiger partial charge in [-0.05, 0) is 6.07 Å². The molecule has 0 aromatic heterocycles. The Hall–Kier alpha value is -1.79. The third-order valence-corrected chi connectivity index (χ3v) is 2.67. The van der Waals surface area contributed by atoms with Crippen molar-refractivity contribution in [3.05, 3.63) is 23.8 Å². The molecule has 5 N–H and O–H groups in total. The molecule has 18 heavy (non-hydrogen) atoms. The smallest absolute Gasteiger partial charge is 0.304 e. The van der Waals surface area contributed by atoms with Gasteiger partial charge in [0.1, 0.15) is 11.5 Å². The fourth-order valence-corrected chi connectivity index (χ4v) is 1.65. The van der Waals surface area contributed by atoms with E-state index in [0.29, 0.717) is 17.1 Å². The minimum absolute atomic E-state index is 0.198. The summed E-state index contributed by atoms with van der Waals surface area (Å²) in [7, 11) is 3.05. The molecule has 1 aromatic carbocycles. The van der Waals surface area contributed by atoms with E-state index in [1.165, 1.54) is 7.11 Å². The molecule has 0 spiro atoms. The van der Waals surface area contributed by atoms with Crippen LogP contribution >= 0.6 is 0 Å². The molecule has 0 saturated heterocycles. The van der Waals surface area contributed by atoms with E-state index in [9.17, 15) is 4.79 Å².